The summed E-state index contributed by atoms with van der Waals surface area (Å²) in [6.07, 6.45) is 0.947. The van der Waals surface area contributed by atoms with E-state index in [-0.39, 0.29) is 10.8 Å². The molecule has 1 aromatic heterocycles. The lowest BCUT2D eigenvalue weighted by molar-refractivity contribution is 0.0981. The van der Waals surface area contributed by atoms with E-state index in [1.165, 1.54) is 6.07 Å². The summed E-state index contributed by atoms with van der Waals surface area (Å²) >= 11 is 0.956. The molecule has 0 atom stereocenters. The van der Waals surface area contributed by atoms with Crippen molar-refractivity contribution in [1.29, 1.82) is 0 Å². The lowest BCUT2D eigenvalue weighted by Gasteiger charge is -2.22. The summed E-state index contributed by atoms with van der Waals surface area (Å²) in [5, 5.41) is -0.451. The Morgan fingerprint density at radius 1 is 1.25 bits per heavy atom. The maximum Gasteiger partial charge on any atom is 0.270 e. The van der Waals surface area contributed by atoms with E-state index in [2.05, 4.69) is 4.72 Å². The summed E-state index contributed by atoms with van der Waals surface area (Å²) in [7, 11) is -1.96. The Hall–Kier alpha value is -0.190. The van der Waals surface area contributed by atoms with E-state index >= 15 is 0 Å². The van der Waals surface area contributed by atoms with E-state index in [9.17, 15) is 16.8 Å². The Bertz CT molecular complexity index is 661. The van der Waals surface area contributed by atoms with Gasteiger partial charge in [-0.2, -0.15) is 0 Å². The molecule has 2 rings (SSSR count). The maximum absolute atomic E-state index is 12.1. The van der Waals surface area contributed by atoms with Crippen LogP contribution < -0.4 is 4.72 Å². The number of thiophene rings is 1. The second-order valence-electron chi connectivity index (χ2n) is 4.34. The largest absolute Gasteiger partial charge is 0.381 e. The van der Waals surface area contributed by atoms with Crippen LogP contribution in [-0.4, -0.2) is 35.3 Å². The summed E-state index contributed by atoms with van der Waals surface area (Å²) in [6.45, 7) is 0.954. The predicted octanol–water partition coefficient (Wildman–Crippen LogP) is 1.27. The standard InChI is InChI=1S/C10H14ClNO5S3/c11-19(13,14)10-2-1-8(18-10)7-12-20(15,16)9-3-5-17-6-4-9/h1-2,9,12H,3-7H2. The van der Waals surface area contributed by atoms with Crippen LogP contribution in [0.1, 0.15) is 17.7 Å². The van der Waals surface area contributed by atoms with Crippen LogP contribution in [0.4, 0.5) is 0 Å². The van der Waals surface area contributed by atoms with E-state index < -0.39 is 24.3 Å². The molecule has 0 aromatic carbocycles. The Kier molecular flexibility index (Phi) is 5.09. The van der Waals surface area contributed by atoms with E-state index in [1.807, 2.05) is 0 Å². The van der Waals surface area contributed by atoms with Crippen molar-refractivity contribution in [2.24, 2.45) is 0 Å². The Balaban J connectivity index is 1.99. The molecule has 2 heterocycles. The predicted molar refractivity (Wildman–Crippen MR) is 77.0 cm³/mol. The van der Waals surface area contributed by atoms with Crippen molar-refractivity contribution in [1.82, 2.24) is 4.72 Å². The molecule has 1 fully saturated rings. The second kappa shape index (κ2) is 6.29. The molecule has 20 heavy (non-hydrogen) atoms. The third-order valence-electron chi connectivity index (χ3n) is 2.93. The van der Waals surface area contributed by atoms with Gasteiger partial charge in [0.15, 0.2) is 0 Å². The van der Waals surface area contributed by atoms with Gasteiger partial charge < -0.3 is 4.74 Å². The average Bonchev–Trinajstić information content (AvgIpc) is 2.86. The highest BCUT2D eigenvalue weighted by atomic mass is 35.7. The Labute approximate surface area is 126 Å². The number of sulfonamides is 1. The molecule has 0 unspecified atom stereocenters. The molecule has 0 bridgehead atoms. The molecule has 1 N–H and O–H groups in total. The lowest BCUT2D eigenvalue weighted by atomic mass is 10.2. The molecule has 0 aliphatic carbocycles. The highest BCUT2D eigenvalue weighted by Crippen LogP contribution is 2.25. The van der Waals surface area contributed by atoms with Gasteiger partial charge in [0.05, 0.1) is 5.25 Å². The molecule has 114 valence electrons. The van der Waals surface area contributed by atoms with Crippen molar-refractivity contribution in [2.75, 3.05) is 13.2 Å². The van der Waals surface area contributed by atoms with Crippen LogP contribution in [0.25, 0.3) is 0 Å². The number of nitrogens with one attached hydrogen (secondary N) is 1. The van der Waals surface area contributed by atoms with Crippen LogP contribution in [0, 0.1) is 0 Å². The minimum absolute atomic E-state index is 0.0134. The number of halogens is 1. The first kappa shape index (κ1) is 16.2. The first-order chi connectivity index (χ1) is 9.29. The molecule has 6 nitrogen and oxygen atoms in total. The molecule has 1 aliphatic heterocycles. The van der Waals surface area contributed by atoms with Gasteiger partial charge in [-0.1, -0.05) is 0 Å². The first-order valence-electron chi connectivity index (χ1n) is 5.88. The van der Waals surface area contributed by atoms with Gasteiger partial charge >= 0.3 is 0 Å². The lowest BCUT2D eigenvalue weighted by Crippen LogP contribution is -2.37. The monoisotopic (exact) mass is 359 g/mol. The third kappa shape index (κ3) is 4.15. The van der Waals surface area contributed by atoms with Gasteiger partial charge in [0.1, 0.15) is 4.21 Å². The molecule has 0 spiro atoms. The zero-order valence-corrected chi connectivity index (χ0v) is 13.6. The van der Waals surface area contributed by atoms with Crippen LogP contribution >= 0.6 is 22.0 Å². The van der Waals surface area contributed by atoms with Crippen LogP contribution in [0.3, 0.4) is 0 Å². The number of ether oxygens (including phenoxy) is 1. The normalized spacial score (nSPS) is 18.2. The molecular formula is C10H14ClNO5S3. The summed E-state index contributed by atoms with van der Waals surface area (Å²) < 4.78 is 54.0. The van der Waals surface area contributed by atoms with Crippen LogP contribution in [-0.2, 0) is 30.4 Å². The van der Waals surface area contributed by atoms with Gasteiger partial charge in [-0.3, -0.25) is 0 Å². The van der Waals surface area contributed by atoms with E-state index in [0.29, 0.717) is 30.9 Å². The van der Waals surface area contributed by atoms with Gasteiger partial charge in [0, 0.05) is 35.3 Å². The minimum Gasteiger partial charge on any atom is -0.381 e. The number of hydrogen-bond acceptors (Lipinski definition) is 6. The Morgan fingerprint density at radius 3 is 2.45 bits per heavy atom. The van der Waals surface area contributed by atoms with Crippen LogP contribution in [0.15, 0.2) is 16.3 Å². The van der Waals surface area contributed by atoms with Crippen molar-refractivity contribution in [3.8, 4) is 0 Å². The maximum atomic E-state index is 12.1. The number of rotatable bonds is 5. The van der Waals surface area contributed by atoms with E-state index in [4.69, 9.17) is 15.4 Å². The van der Waals surface area contributed by atoms with Gasteiger partial charge in [0.25, 0.3) is 9.05 Å². The fourth-order valence-electron chi connectivity index (χ4n) is 1.86. The molecule has 0 saturated carbocycles. The third-order valence-corrected chi connectivity index (χ3v) is 8.01. The molecule has 0 radical (unpaired) electrons. The smallest absolute Gasteiger partial charge is 0.270 e. The highest BCUT2D eigenvalue weighted by Gasteiger charge is 2.27. The molecule has 1 saturated heterocycles. The second-order valence-corrected chi connectivity index (χ2v) is 10.3. The SMILES string of the molecule is O=S(=O)(Cl)c1ccc(CNS(=O)(=O)C2CCOCC2)s1. The zero-order valence-electron chi connectivity index (χ0n) is 10.4. The average molecular weight is 360 g/mol. The van der Waals surface area contributed by atoms with Crippen molar-refractivity contribution >= 4 is 41.1 Å². The molecule has 10 heteroatoms. The van der Waals surface area contributed by atoms with Crippen molar-refractivity contribution in [3.05, 3.63) is 17.0 Å². The summed E-state index contributed by atoms with van der Waals surface area (Å²) in [5.41, 5.74) is 0. The number of hydrogen-bond donors (Lipinski definition) is 1. The van der Waals surface area contributed by atoms with Crippen molar-refractivity contribution in [3.63, 3.8) is 0 Å². The molecule has 1 aromatic rings. The van der Waals surface area contributed by atoms with E-state index in [1.54, 1.807) is 6.07 Å². The molecular weight excluding hydrogens is 346 g/mol. The summed E-state index contributed by atoms with van der Waals surface area (Å²) in [4.78, 5) is 0.597. The van der Waals surface area contributed by atoms with Crippen LogP contribution in [0.5, 0.6) is 0 Å². The quantitative estimate of drug-likeness (QED) is 0.800. The van der Waals surface area contributed by atoms with Gasteiger partial charge in [0.2, 0.25) is 10.0 Å². The van der Waals surface area contributed by atoms with Gasteiger partial charge in [-0.25, -0.2) is 21.6 Å². The highest BCUT2D eigenvalue weighted by molar-refractivity contribution is 8.15. The van der Waals surface area contributed by atoms with Crippen molar-refractivity contribution < 1.29 is 21.6 Å². The topological polar surface area (TPSA) is 89.5 Å². The zero-order chi connectivity index (χ0) is 14.8. The Morgan fingerprint density at radius 2 is 1.90 bits per heavy atom. The molecule has 1 aliphatic rings. The molecule has 0 amide bonds. The van der Waals surface area contributed by atoms with Crippen molar-refractivity contribution in [2.45, 2.75) is 28.8 Å². The van der Waals surface area contributed by atoms with Crippen LogP contribution in [0.2, 0.25) is 0 Å². The van der Waals surface area contributed by atoms with Gasteiger partial charge in [-0.05, 0) is 25.0 Å². The summed E-state index contributed by atoms with van der Waals surface area (Å²) in [5.74, 6) is 0. The van der Waals surface area contributed by atoms with E-state index in [0.717, 1.165) is 11.3 Å². The fraction of sp³-hybridized carbons (Fsp3) is 0.600. The minimum atomic E-state index is -3.76. The fourth-order valence-corrected chi connectivity index (χ4v) is 5.42. The summed E-state index contributed by atoms with van der Waals surface area (Å²) in [6, 6.07) is 2.91. The first-order valence-corrected chi connectivity index (χ1v) is 10.6. The van der Waals surface area contributed by atoms with Gasteiger partial charge in [-0.15, -0.1) is 11.3 Å².